The number of furan rings is 1. The van der Waals surface area contributed by atoms with Crippen molar-refractivity contribution in [3.63, 3.8) is 0 Å². The lowest BCUT2D eigenvalue weighted by molar-refractivity contribution is -0.133. The molecular formula is C28H33BrN2O5. The first kappa shape index (κ1) is 27.3. The Morgan fingerprint density at radius 3 is 2.36 bits per heavy atom. The van der Waals surface area contributed by atoms with Gasteiger partial charge < -0.3 is 23.7 Å². The maximum Gasteiger partial charge on any atom is 0.254 e. The summed E-state index contributed by atoms with van der Waals surface area (Å²) in [5.74, 6) is 2.43. The molecule has 0 atom stereocenters. The van der Waals surface area contributed by atoms with Crippen LogP contribution in [0.3, 0.4) is 0 Å². The highest BCUT2D eigenvalue weighted by molar-refractivity contribution is 9.10. The smallest absolute Gasteiger partial charge is 0.254 e. The molecule has 2 amide bonds. The van der Waals surface area contributed by atoms with Crippen molar-refractivity contribution in [2.24, 2.45) is 0 Å². The predicted molar refractivity (Wildman–Crippen MR) is 142 cm³/mol. The molecule has 0 aliphatic heterocycles. The number of methoxy groups -OCH3 is 2. The van der Waals surface area contributed by atoms with Crippen LogP contribution >= 0.6 is 15.9 Å². The number of hydrogen-bond acceptors (Lipinski definition) is 5. The van der Waals surface area contributed by atoms with Gasteiger partial charge in [-0.1, -0.05) is 28.1 Å². The van der Waals surface area contributed by atoms with Crippen LogP contribution in [0.5, 0.6) is 11.5 Å². The van der Waals surface area contributed by atoms with Crippen molar-refractivity contribution in [1.82, 2.24) is 9.80 Å². The number of nitrogens with zero attached hydrogens (tertiary/aromatic N) is 2. The van der Waals surface area contributed by atoms with Crippen LogP contribution in [0.2, 0.25) is 0 Å². The van der Waals surface area contributed by atoms with Crippen LogP contribution < -0.4 is 9.47 Å². The van der Waals surface area contributed by atoms with E-state index in [0.29, 0.717) is 42.3 Å². The molecule has 0 aliphatic rings. The highest BCUT2D eigenvalue weighted by atomic mass is 79.9. The fourth-order valence-electron chi connectivity index (χ4n) is 3.87. The average molecular weight is 557 g/mol. The second-order valence-electron chi connectivity index (χ2n) is 8.80. The Bertz CT molecular complexity index is 1190. The molecule has 0 N–H and O–H groups in total. The second-order valence-corrected chi connectivity index (χ2v) is 9.72. The Morgan fingerprint density at radius 2 is 1.75 bits per heavy atom. The Morgan fingerprint density at radius 1 is 1.00 bits per heavy atom. The molecule has 0 aliphatic carbocycles. The van der Waals surface area contributed by atoms with Crippen molar-refractivity contribution in [2.45, 2.75) is 39.8 Å². The first-order valence-electron chi connectivity index (χ1n) is 11.8. The van der Waals surface area contributed by atoms with Crippen molar-refractivity contribution < 1.29 is 23.5 Å². The zero-order valence-electron chi connectivity index (χ0n) is 21.4. The van der Waals surface area contributed by atoms with E-state index in [1.165, 1.54) is 0 Å². The van der Waals surface area contributed by atoms with Crippen LogP contribution in [0.25, 0.3) is 0 Å². The Balaban J connectivity index is 1.79. The number of carbonyl (C=O) groups excluding carboxylic acids is 2. The van der Waals surface area contributed by atoms with Gasteiger partial charge in [0.2, 0.25) is 5.91 Å². The van der Waals surface area contributed by atoms with Crippen molar-refractivity contribution in [3.05, 3.63) is 81.7 Å². The van der Waals surface area contributed by atoms with Gasteiger partial charge in [0.15, 0.2) is 11.5 Å². The summed E-state index contributed by atoms with van der Waals surface area (Å²) in [7, 11) is 3.19. The van der Waals surface area contributed by atoms with Gasteiger partial charge in [-0.2, -0.15) is 0 Å². The number of rotatable bonds is 11. The summed E-state index contributed by atoms with van der Waals surface area (Å²) in [6.45, 7) is 6.42. The van der Waals surface area contributed by atoms with E-state index in [4.69, 9.17) is 13.9 Å². The molecule has 8 heteroatoms. The lowest BCUT2D eigenvalue weighted by atomic mass is 10.1. The summed E-state index contributed by atoms with van der Waals surface area (Å²) >= 11 is 3.42. The molecule has 7 nitrogen and oxygen atoms in total. The number of hydrogen-bond donors (Lipinski definition) is 0. The Hall–Kier alpha value is -3.26. The van der Waals surface area contributed by atoms with Crippen LogP contribution in [0.1, 0.15) is 41.3 Å². The van der Waals surface area contributed by atoms with E-state index in [-0.39, 0.29) is 24.4 Å². The first-order valence-corrected chi connectivity index (χ1v) is 12.6. The maximum absolute atomic E-state index is 13.6. The number of benzene rings is 2. The fraction of sp³-hybridized carbons (Fsp3) is 0.357. The lowest BCUT2D eigenvalue weighted by Crippen LogP contribution is -2.46. The van der Waals surface area contributed by atoms with Gasteiger partial charge in [0.05, 0.1) is 20.8 Å². The minimum atomic E-state index is -0.187. The Labute approximate surface area is 221 Å². The van der Waals surface area contributed by atoms with Crippen LogP contribution in [0.4, 0.5) is 0 Å². The fourth-order valence-corrected chi connectivity index (χ4v) is 4.27. The monoisotopic (exact) mass is 556 g/mol. The third-order valence-corrected chi connectivity index (χ3v) is 6.37. The van der Waals surface area contributed by atoms with Gasteiger partial charge >= 0.3 is 0 Å². The molecule has 36 heavy (non-hydrogen) atoms. The minimum Gasteiger partial charge on any atom is -0.493 e. The quantitative estimate of drug-likeness (QED) is 0.312. The van der Waals surface area contributed by atoms with E-state index in [1.807, 2.05) is 63.2 Å². The van der Waals surface area contributed by atoms with E-state index in [0.717, 1.165) is 15.8 Å². The minimum absolute atomic E-state index is 0.0331. The summed E-state index contributed by atoms with van der Waals surface area (Å²) < 4.78 is 17.3. The molecule has 0 saturated heterocycles. The van der Waals surface area contributed by atoms with Crippen LogP contribution in [0.15, 0.2) is 63.5 Å². The number of amides is 2. The molecule has 0 unspecified atom stereocenters. The number of halogens is 1. The molecule has 2 aromatic carbocycles. The number of carbonyl (C=O) groups is 2. The average Bonchev–Trinajstić information content (AvgIpc) is 3.28. The van der Waals surface area contributed by atoms with Gasteiger partial charge in [-0.25, -0.2) is 0 Å². The molecule has 1 aromatic heterocycles. The molecule has 0 saturated carbocycles. The van der Waals surface area contributed by atoms with Gasteiger partial charge in [-0.05, 0) is 75.2 Å². The van der Waals surface area contributed by atoms with Gasteiger partial charge in [0.1, 0.15) is 18.1 Å². The van der Waals surface area contributed by atoms with E-state index < -0.39 is 0 Å². The van der Waals surface area contributed by atoms with Gasteiger partial charge in [-0.15, -0.1) is 0 Å². The molecule has 1 heterocycles. The molecule has 0 bridgehead atoms. The maximum atomic E-state index is 13.6. The van der Waals surface area contributed by atoms with Crippen molar-refractivity contribution in [1.29, 1.82) is 0 Å². The summed E-state index contributed by atoms with van der Waals surface area (Å²) in [6.07, 6.45) is 0.604. The standard InChI is InChI=1S/C28H33BrN2O5/c1-19(2)31(28(33)22-7-6-8-23(29)16-22)18-27(32)30(17-24-11-9-20(3)36-24)14-13-21-10-12-25(34-4)26(15-21)35-5/h6-12,15-16,19H,13-14,17-18H2,1-5H3. The highest BCUT2D eigenvalue weighted by Crippen LogP contribution is 2.28. The molecule has 0 radical (unpaired) electrons. The van der Waals surface area contributed by atoms with E-state index in [2.05, 4.69) is 15.9 Å². The third-order valence-electron chi connectivity index (χ3n) is 5.88. The van der Waals surface area contributed by atoms with Crippen molar-refractivity contribution in [3.8, 4) is 11.5 Å². The number of aryl methyl sites for hydroxylation is 1. The topological polar surface area (TPSA) is 72.2 Å². The van der Waals surface area contributed by atoms with E-state index in [9.17, 15) is 9.59 Å². The molecule has 3 rings (SSSR count). The van der Waals surface area contributed by atoms with Gasteiger partial charge in [-0.3, -0.25) is 9.59 Å². The largest absolute Gasteiger partial charge is 0.493 e. The second kappa shape index (κ2) is 12.6. The highest BCUT2D eigenvalue weighted by Gasteiger charge is 2.25. The predicted octanol–water partition coefficient (Wildman–Crippen LogP) is 5.49. The molecular weight excluding hydrogens is 524 g/mol. The number of ether oxygens (including phenoxy) is 2. The van der Waals surface area contributed by atoms with Crippen molar-refractivity contribution >= 4 is 27.7 Å². The molecule has 3 aromatic rings. The normalized spacial score (nSPS) is 10.9. The zero-order chi connectivity index (χ0) is 26.2. The van der Waals surface area contributed by atoms with Gasteiger partial charge in [0.25, 0.3) is 5.91 Å². The van der Waals surface area contributed by atoms with Crippen LogP contribution in [-0.2, 0) is 17.8 Å². The van der Waals surface area contributed by atoms with Gasteiger partial charge in [0, 0.05) is 22.6 Å². The van der Waals surface area contributed by atoms with E-state index in [1.54, 1.807) is 36.2 Å². The summed E-state index contributed by atoms with van der Waals surface area (Å²) in [5.41, 5.74) is 1.54. The molecule has 0 spiro atoms. The summed E-state index contributed by atoms with van der Waals surface area (Å²) in [4.78, 5) is 30.1. The van der Waals surface area contributed by atoms with Crippen LogP contribution in [0, 0.1) is 6.92 Å². The molecule has 192 valence electrons. The summed E-state index contributed by atoms with van der Waals surface area (Å²) in [6, 6.07) is 16.5. The lowest BCUT2D eigenvalue weighted by Gasteiger charge is -2.30. The molecule has 0 fully saturated rings. The Kier molecular flexibility index (Phi) is 9.58. The van der Waals surface area contributed by atoms with E-state index >= 15 is 0 Å². The summed E-state index contributed by atoms with van der Waals surface area (Å²) in [5, 5.41) is 0. The van der Waals surface area contributed by atoms with Crippen molar-refractivity contribution in [2.75, 3.05) is 27.3 Å². The third kappa shape index (κ3) is 7.13. The first-order chi connectivity index (χ1) is 17.2. The SMILES string of the molecule is COc1ccc(CCN(Cc2ccc(C)o2)C(=O)CN(C(=O)c2cccc(Br)c2)C(C)C)cc1OC. The van der Waals surface area contributed by atoms with Crippen LogP contribution in [-0.4, -0.2) is 55.0 Å². The zero-order valence-corrected chi connectivity index (χ0v) is 23.0.